The van der Waals surface area contributed by atoms with Crippen LogP contribution in [0, 0.1) is 11.3 Å². The number of hydrogen-bond donors (Lipinski definition) is 2. The van der Waals surface area contributed by atoms with Gasteiger partial charge in [0.1, 0.15) is 5.84 Å². The molecule has 0 unspecified atom stereocenters. The van der Waals surface area contributed by atoms with Gasteiger partial charge < -0.3 is 10.6 Å². The predicted molar refractivity (Wildman–Crippen MR) is 77.9 cm³/mol. The molecule has 4 heteroatoms. The molecule has 17 heavy (non-hydrogen) atoms. The molecule has 94 valence electrons. The maximum Gasteiger partial charge on any atom is 0.123 e. The monoisotopic (exact) mass is 297 g/mol. The number of nitrogen functional groups attached to an aromatic ring is 1. The highest BCUT2D eigenvalue weighted by Gasteiger charge is 2.07. The Morgan fingerprint density at radius 2 is 2.12 bits per heavy atom. The number of halogens is 1. The molecule has 1 aromatic rings. The Bertz CT molecular complexity index is 402. The average molecular weight is 298 g/mol. The summed E-state index contributed by atoms with van der Waals surface area (Å²) < 4.78 is 0.874. The first-order valence-electron chi connectivity index (χ1n) is 5.77. The zero-order chi connectivity index (χ0) is 13.0. The van der Waals surface area contributed by atoms with Crippen LogP contribution in [0.3, 0.4) is 0 Å². The van der Waals surface area contributed by atoms with E-state index in [2.05, 4.69) is 41.7 Å². The molecule has 0 fully saturated rings. The molecule has 0 aliphatic rings. The highest BCUT2D eigenvalue weighted by atomic mass is 79.9. The number of rotatable bonds is 5. The molecule has 0 aromatic heterocycles. The van der Waals surface area contributed by atoms with Gasteiger partial charge in [-0.3, -0.25) is 5.41 Å². The van der Waals surface area contributed by atoms with Crippen LogP contribution in [0.5, 0.6) is 0 Å². The number of hydrogen-bond acceptors (Lipinski definition) is 2. The normalized spacial score (nSPS) is 10.6. The minimum atomic E-state index is 0.0910. The van der Waals surface area contributed by atoms with Crippen molar-refractivity contribution < 1.29 is 0 Å². The third kappa shape index (κ3) is 4.04. The standard InChI is InChI=1S/C13H20BrN3/c1-9(2)6-7-17(3)10-4-5-11(13(15)16)12(14)8-10/h4-5,8-9H,6-7H2,1-3H3,(H3,15,16). The van der Waals surface area contributed by atoms with Gasteiger partial charge in [-0.2, -0.15) is 0 Å². The lowest BCUT2D eigenvalue weighted by Crippen LogP contribution is -2.20. The van der Waals surface area contributed by atoms with E-state index in [9.17, 15) is 0 Å². The largest absolute Gasteiger partial charge is 0.384 e. The molecule has 1 rings (SSSR count). The van der Waals surface area contributed by atoms with Crippen LogP contribution in [0.15, 0.2) is 22.7 Å². The Labute approximate surface area is 112 Å². The van der Waals surface area contributed by atoms with E-state index in [0.717, 1.165) is 22.3 Å². The van der Waals surface area contributed by atoms with Gasteiger partial charge in [-0.25, -0.2) is 0 Å². The van der Waals surface area contributed by atoms with Crippen molar-refractivity contribution in [3.05, 3.63) is 28.2 Å². The van der Waals surface area contributed by atoms with Gasteiger partial charge in [-0.05, 0) is 46.5 Å². The first-order valence-corrected chi connectivity index (χ1v) is 6.56. The predicted octanol–water partition coefficient (Wildman–Crippen LogP) is 3.22. The van der Waals surface area contributed by atoms with Crippen molar-refractivity contribution in [3.63, 3.8) is 0 Å². The van der Waals surface area contributed by atoms with Crippen molar-refractivity contribution >= 4 is 27.5 Å². The molecule has 3 N–H and O–H groups in total. The number of benzene rings is 1. The Morgan fingerprint density at radius 1 is 1.47 bits per heavy atom. The number of nitrogens with zero attached hydrogens (tertiary/aromatic N) is 1. The lowest BCUT2D eigenvalue weighted by molar-refractivity contribution is 0.585. The zero-order valence-electron chi connectivity index (χ0n) is 10.6. The molecule has 0 bridgehead atoms. The van der Waals surface area contributed by atoms with E-state index >= 15 is 0 Å². The maximum absolute atomic E-state index is 7.43. The Kier molecular flexibility index (Phi) is 5.00. The minimum absolute atomic E-state index is 0.0910. The van der Waals surface area contributed by atoms with E-state index in [1.54, 1.807) is 0 Å². The first kappa shape index (κ1) is 14.0. The van der Waals surface area contributed by atoms with Crippen molar-refractivity contribution in [2.75, 3.05) is 18.5 Å². The molecule has 1 aromatic carbocycles. The van der Waals surface area contributed by atoms with E-state index in [0.29, 0.717) is 5.92 Å². The number of amidine groups is 1. The smallest absolute Gasteiger partial charge is 0.123 e. The fourth-order valence-electron chi connectivity index (χ4n) is 1.54. The summed E-state index contributed by atoms with van der Waals surface area (Å²) in [5.41, 5.74) is 7.36. The fourth-order valence-corrected chi connectivity index (χ4v) is 2.12. The Hall–Kier alpha value is -1.03. The van der Waals surface area contributed by atoms with Crippen LogP contribution in [0.2, 0.25) is 0 Å². The third-order valence-corrected chi connectivity index (χ3v) is 3.38. The van der Waals surface area contributed by atoms with Crippen molar-refractivity contribution in [1.29, 1.82) is 5.41 Å². The summed E-state index contributed by atoms with van der Waals surface area (Å²) in [6, 6.07) is 5.90. The second-order valence-corrected chi connectivity index (χ2v) is 5.54. The topological polar surface area (TPSA) is 53.1 Å². The molecule has 0 aliphatic carbocycles. The Morgan fingerprint density at radius 3 is 2.59 bits per heavy atom. The summed E-state index contributed by atoms with van der Waals surface area (Å²) in [5, 5.41) is 7.43. The van der Waals surface area contributed by atoms with Crippen LogP contribution in [0.25, 0.3) is 0 Å². The molecular formula is C13H20BrN3. The van der Waals surface area contributed by atoms with Gasteiger partial charge >= 0.3 is 0 Å². The van der Waals surface area contributed by atoms with E-state index in [-0.39, 0.29) is 5.84 Å². The molecule has 0 saturated carbocycles. The highest BCUT2D eigenvalue weighted by Crippen LogP contribution is 2.23. The summed E-state index contributed by atoms with van der Waals surface area (Å²) in [4.78, 5) is 2.22. The van der Waals surface area contributed by atoms with Gasteiger partial charge in [0.25, 0.3) is 0 Å². The quantitative estimate of drug-likeness (QED) is 0.648. The van der Waals surface area contributed by atoms with Gasteiger partial charge in [0.15, 0.2) is 0 Å². The summed E-state index contributed by atoms with van der Waals surface area (Å²) in [6.45, 7) is 5.48. The lowest BCUT2D eigenvalue weighted by atomic mass is 10.1. The van der Waals surface area contributed by atoms with Crippen LogP contribution in [-0.2, 0) is 0 Å². The molecule has 0 saturated heterocycles. The second-order valence-electron chi connectivity index (χ2n) is 4.68. The molecule has 3 nitrogen and oxygen atoms in total. The second kappa shape index (κ2) is 6.05. The molecule has 0 radical (unpaired) electrons. The van der Waals surface area contributed by atoms with Crippen molar-refractivity contribution in [1.82, 2.24) is 0 Å². The van der Waals surface area contributed by atoms with Crippen LogP contribution in [-0.4, -0.2) is 19.4 Å². The van der Waals surface area contributed by atoms with Gasteiger partial charge in [0, 0.05) is 29.3 Å². The van der Waals surface area contributed by atoms with E-state index in [4.69, 9.17) is 11.1 Å². The molecular weight excluding hydrogens is 278 g/mol. The molecule has 0 amide bonds. The maximum atomic E-state index is 7.43. The number of nitrogens with one attached hydrogen (secondary N) is 1. The van der Waals surface area contributed by atoms with Crippen LogP contribution in [0.4, 0.5) is 5.69 Å². The van der Waals surface area contributed by atoms with Gasteiger partial charge in [0.2, 0.25) is 0 Å². The average Bonchev–Trinajstić information content (AvgIpc) is 2.25. The van der Waals surface area contributed by atoms with E-state index in [1.807, 2.05) is 18.2 Å². The third-order valence-electron chi connectivity index (χ3n) is 2.73. The van der Waals surface area contributed by atoms with E-state index in [1.165, 1.54) is 6.42 Å². The lowest BCUT2D eigenvalue weighted by Gasteiger charge is -2.21. The fraction of sp³-hybridized carbons (Fsp3) is 0.462. The van der Waals surface area contributed by atoms with Gasteiger partial charge in [-0.1, -0.05) is 13.8 Å². The number of anilines is 1. The van der Waals surface area contributed by atoms with Crippen LogP contribution in [0.1, 0.15) is 25.8 Å². The molecule has 0 atom stereocenters. The van der Waals surface area contributed by atoms with Crippen molar-refractivity contribution in [2.45, 2.75) is 20.3 Å². The molecule has 0 spiro atoms. The Balaban J connectivity index is 2.79. The van der Waals surface area contributed by atoms with Crippen molar-refractivity contribution in [2.24, 2.45) is 11.7 Å². The SMILES string of the molecule is CC(C)CCN(C)c1ccc(C(=N)N)c(Br)c1. The van der Waals surface area contributed by atoms with Crippen LogP contribution >= 0.6 is 15.9 Å². The van der Waals surface area contributed by atoms with Crippen molar-refractivity contribution in [3.8, 4) is 0 Å². The summed E-state index contributed by atoms with van der Waals surface area (Å²) in [7, 11) is 2.08. The van der Waals surface area contributed by atoms with Crippen LogP contribution < -0.4 is 10.6 Å². The van der Waals surface area contributed by atoms with E-state index < -0.39 is 0 Å². The zero-order valence-corrected chi connectivity index (χ0v) is 12.2. The van der Waals surface area contributed by atoms with Gasteiger partial charge in [-0.15, -0.1) is 0 Å². The summed E-state index contributed by atoms with van der Waals surface area (Å²) in [5.74, 6) is 0.797. The number of nitrogens with two attached hydrogens (primary N) is 1. The highest BCUT2D eigenvalue weighted by molar-refractivity contribution is 9.10. The molecule has 0 heterocycles. The van der Waals surface area contributed by atoms with Gasteiger partial charge in [0.05, 0.1) is 0 Å². The summed E-state index contributed by atoms with van der Waals surface area (Å²) >= 11 is 3.45. The first-order chi connectivity index (χ1) is 7.91. The molecule has 0 aliphatic heterocycles. The minimum Gasteiger partial charge on any atom is -0.384 e. The summed E-state index contributed by atoms with van der Waals surface area (Å²) in [6.07, 6.45) is 1.17.